The number of Topliss-reactive ketones (excluding diaryl/α,β-unsaturated/α-hetero) is 1. The fraction of sp³-hybridized carbons (Fsp3) is 0.552. The highest BCUT2D eigenvalue weighted by Gasteiger charge is 2.42. The molecule has 40 heavy (non-hydrogen) atoms. The van der Waals surface area contributed by atoms with Crippen LogP contribution in [-0.2, 0) is 14.3 Å². The van der Waals surface area contributed by atoms with Gasteiger partial charge in [-0.15, -0.1) is 0 Å². The summed E-state index contributed by atoms with van der Waals surface area (Å²) in [6, 6.07) is 9.16. The zero-order valence-corrected chi connectivity index (χ0v) is 24.1. The lowest BCUT2D eigenvalue weighted by atomic mass is 10.0. The minimum Gasteiger partial charge on any atom is -0.481 e. The maximum atomic E-state index is 12.9. The lowest BCUT2D eigenvalue weighted by Gasteiger charge is -2.19. The zero-order valence-electron chi connectivity index (χ0n) is 23.3. The van der Waals surface area contributed by atoms with Crippen molar-refractivity contribution in [1.29, 1.82) is 0 Å². The minimum atomic E-state index is -0.622. The molecule has 216 valence electrons. The number of rotatable bonds is 13. The predicted octanol–water partition coefficient (Wildman–Crippen LogP) is 3.76. The molecule has 2 fully saturated rings. The summed E-state index contributed by atoms with van der Waals surface area (Å²) in [5, 5.41) is 9.92. The van der Waals surface area contributed by atoms with Gasteiger partial charge in [0.2, 0.25) is 5.91 Å². The second kappa shape index (κ2) is 13.3. The van der Waals surface area contributed by atoms with Gasteiger partial charge in [-0.1, -0.05) is 18.6 Å². The fourth-order valence-corrected chi connectivity index (χ4v) is 6.42. The van der Waals surface area contributed by atoms with Crippen LogP contribution in [0, 0.1) is 0 Å². The summed E-state index contributed by atoms with van der Waals surface area (Å²) in [5.74, 6) is 0.640. The second-order valence-corrected chi connectivity index (χ2v) is 12.4. The fourth-order valence-electron chi connectivity index (χ4n) is 4.88. The molecule has 10 nitrogen and oxygen atoms in total. The van der Waals surface area contributed by atoms with Crippen LogP contribution < -0.4 is 20.7 Å². The van der Waals surface area contributed by atoms with E-state index in [2.05, 4.69) is 20.9 Å². The van der Waals surface area contributed by atoms with Crippen molar-refractivity contribution in [3.63, 3.8) is 0 Å². The van der Waals surface area contributed by atoms with Crippen LogP contribution in [0.25, 0.3) is 10.9 Å². The van der Waals surface area contributed by atoms with Crippen LogP contribution in [0.3, 0.4) is 0 Å². The number of ketones is 1. The van der Waals surface area contributed by atoms with Crippen LogP contribution in [0.2, 0.25) is 0 Å². The molecule has 2 saturated heterocycles. The van der Waals surface area contributed by atoms with Gasteiger partial charge in [0.05, 0.1) is 17.6 Å². The summed E-state index contributed by atoms with van der Waals surface area (Å²) >= 11 is 1.88. The van der Waals surface area contributed by atoms with Gasteiger partial charge in [0, 0.05) is 41.8 Å². The molecule has 3 heterocycles. The Bertz CT molecular complexity index is 1250. The zero-order chi connectivity index (χ0) is 28.7. The van der Waals surface area contributed by atoms with Crippen LogP contribution in [0.5, 0.6) is 5.75 Å². The Kier molecular flexibility index (Phi) is 9.89. The topological polar surface area (TPSA) is 136 Å². The maximum Gasteiger partial charge on any atom is 0.344 e. The van der Waals surface area contributed by atoms with Crippen molar-refractivity contribution >= 4 is 46.4 Å². The minimum absolute atomic E-state index is 0.0260. The van der Waals surface area contributed by atoms with Gasteiger partial charge in [0.1, 0.15) is 17.0 Å². The number of thioether (sulfide) groups is 1. The Labute approximate surface area is 238 Å². The van der Waals surface area contributed by atoms with Crippen molar-refractivity contribution in [2.24, 2.45) is 0 Å². The standard InChI is InChI=1S/C29H38N4O6S/c1-29(2,3)39-26(36)16-38-23-15-20(31-19-10-5-4-9-18(19)23)22(34)11-8-14-30-25(35)13-7-6-12-24-27-21(17-40-24)32-28(37)33-27/h4-5,9-10,15,21,24,27H,6-8,11-14,16-17H2,1-3H3,(H,30,35)(H2,32,33,37)/t21-,24-,27-/m0/s1. The molecule has 2 aliphatic heterocycles. The number of para-hydroxylation sites is 1. The molecule has 0 aliphatic carbocycles. The van der Waals surface area contributed by atoms with Crippen molar-refractivity contribution < 1.29 is 28.7 Å². The third kappa shape index (κ3) is 8.33. The number of hydrogen-bond acceptors (Lipinski definition) is 8. The van der Waals surface area contributed by atoms with E-state index in [-0.39, 0.29) is 48.5 Å². The van der Waals surface area contributed by atoms with E-state index in [1.807, 2.05) is 30.0 Å². The Morgan fingerprint density at radius 1 is 1.10 bits per heavy atom. The van der Waals surface area contributed by atoms with Gasteiger partial charge >= 0.3 is 12.0 Å². The molecule has 0 unspecified atom stereocenters. The van der Waals surface area contributed by atoms with Gasteiger partial charge in [0.25, 0.3) is 0 Å². The van der Waals surface area contributed by atoms with Crippen LogP contribution in [-0.4, -0.2) is 70.5 Å². The van der Waals surface area contributed by atoms with E-state index in [9.17, 15) is 19.2 Å². The first-order valence-electron chi connectivity index (χ1n) is 13.8. The SMILES string of the molecule is CC(C)(C)OC(=O)COc1cc(C(=O)CCCNC(=O)CCCC[C@@H]2SC[C@@H]3NC(=O)N[C@@H]32)nc2ccccc12. The molecule has 4 rings (SSSR count). The van der Waals surface area contributed by atoms with Crippen molar-refractivity contribution in [1.82, 2.24) is 20.9 Å². The summed E-state index contributed by atoms with van der Waals surface area (Å²) in [7, 11) is 0. The number of pyridine rings is 1. The number of nitrogens with zero attached hydrogens (tertiary/aromatic N) is 1. The predicted molar refractivity (Wildman–Crippen MR) is 154 cm³/mol. The van der Waals surface area contributed by atoms with Crippen LogP contribution in [0.1, 0.15) is 69.8 Å². The summed E-state index contributed by atoms with van der Waals surface area (Å²) in [5.41, 5.74) is 0.229. The normalized spacial score (nSPS) is 20.0. The number of esters is 1. The molecule has 2 aliphatic rings. The van der Waals surface area contributed by atoms with Gasteiger partial charge in [-0.2, -0.15) is 11.8 Å². The van der Waals surface area contributed by atoms with Crippen molar-refractivity contribution in [3.05, 3.63) is 36.0 Å². The van der Waals surface area contributed by atoms with Crippen LogP contribution in [0.4, 0.5) is 4.79 Å². The Morgan fingerprint density at radius 3 is 2.70 bits per heavy atom. The average molecular weight is 571 g/mol. The van der Waals surface area contributed by atoms with E-state index in [0.717, 1.165) is 25.0 Å². The molecule has 11 heteroatoms. The lowest BCUT2D eigenvalue weighted by Crippen LogP contribution is -2.36. The summed E-state index contributed by atoms with van der Waals surface area (Å²) in [6.45, 7) is 5.48. The first-order chi connectivity index (χ1) is 19.1. The number of carbonyl (C=O) groups excluding carboxylic acids is 4. The smallest absolute Gasteiger partial charge is 0.344 e. The highest BCUT2D eigenvalue weighted by Crippen LogP contribution is 2.33. The number of aromatic nitrogens is 1. The van der Waals surface area contributed by atoms with E-state index in [1.165, 1.54) is 0 Å². The van der Waals surface area contributed by atoms with E-state index in [0.29, 0.717) is 41.3 Å². The van der Waals surface area contributed by atoms with Gasteiger partial charge in [-0.3, -0.25) is 9.59 Å². The molecular weight excluding hydrogens is 532 g/mol. The largest absolute Gasteiger partial charge is 0.481 e. The summed E-state index contributed by atoms with van der Waals surface area (Å²) in [4.78, 5) is 53.2. The number of fused-ring (bicyclic) bond motifs is 2. The molecule has 0 bridgehead atoms. The van der Waals surface area contributed by atoms with E-state index in [1.54, 1.807) is 32.9 Å². The number of ether oxygens (including phenoxy) is 2. The highest BCUT2D eigenvalue weighted by atomic mass is 32.2. The number of unbranched alkanes of at least 4 members (excludes halogenated alkanes) is 1. The Balaban J connectivity index is 1.18. The van der Waals surface area contributed by atoms with E-state index >= 15 is 0 Å². The van der Waals surface area contributed by atoms with Gasteiger partial charge in [0.15, 0.2) is 12.4 Å². The van der Waals surface area contributed by atoms with E-state index < -0.39 is 11.6 Å². The number of amides is 3. The molecule has 2 aromatic rings. The Hall–Kier alpha value is -3.34. The summed E-state index contributed by atoms with van der Waals surface area (Å²) < 4.78 is 11.0. The number of hydrogen-bond donors (Lipinski definition) is 3. The molecule has 0 saturated carbocycles. The van der Waals surface area contributed by atoms with Crippen LogP contribution >= 0.6 is 11.8 Å². The first-order valence-corrected chi connectivity index (χ1v) is 14.9. The third-order valence-corrected chi connectivity index (χ3v) is 8.22. The lowest BCUT2D eigenvalue weighted by molar-refractivity contribution is -0.157. The average Bonchev–Trinajstić information content (AvgIpc) is 3.45. The third-order valence-electron chi connectivity index (χ3n) is 6.71. The number of nitrogens with one attached hydrogen (secondary N) is 3. The van der Waals surface area contributed by atoms with Gasteiger partial charge < -0.3 is 25.4 Å². The van der Waals surface area contributed by atoms with Gasteiger partial charge in [-0.05, 0) is 52.2 Å². The van der Waals surface area contributed by atoms with Gasteiger partial charge in [-0.25, -0.2) is 14.6 Å². The van der Waals surface area contributed by atoms with Crippen molar-refractivity contribution in [2.45, 2.75) is 82.2 Å². The number of urea groups is 1. The molecule has 0 spiro atoms. The monoisotopic (exact) mass is 570 g/mol. The Morgan fingerprint density at radius 2 is 1.90 bits per heavy atom. The van der Waals surface area contributed by atoms with Crippen molar-refractivity contribution in [2.75, 3.05) is 18.9 Å². The first kappa shape index (κ1) is 29.6. The maximum absolute atomic E-state index is 12.9. The molecule has 1 aromatic heterocycles. The molecule has 1 aromatic carbocycles. The molecular formula is C29H38N4O6S. The summed E-state index contributed by atoms with van der Waals surface area (Å²) in [6.07, 6.45) is 3.83. The number of carbonyl (C=O) groups is 4. The molecule has 3 amide bonds. The van der Waals surface area contributed by atoms with E-state index in [4.69, 9.17) is 9.47 Å². The number of benzene rings is 1. The molecule has 0 radical (unpaired) electrons. The highest BCUT2D eigenvalue weighted by molar-refractivity contribution is 8.00. The molecule has 3 atom stereocenters. The van der Waals surface area contributed by atoms with Crippen LogP contribution in [0.15, 0.2) is 30.3 Å². The van der Waals surface area contributed by atoms with Crippen molar-refractivity contribution in [3.8, 4) is 5.75 Å². The second-order valence-electron chi connectivity index (χ2n) is 11.1. The molecule has 3 N–H and O–H groups in total. The quantitative estimate of drug-likeness (QED) is 0.143.